The van der Waals surface area contributed by atoms with Gasteiger partial charge in [-0.3, -0.25) is 0 Å². The largest absolute Gasteiger partial charge is 0.304 e. The molecule has 0 radical (unpaired) electrons. The maximum absolute atomic E-state index is 5.00. The van der Waals surface area contributed by atoms with Gasteiger partial charge in [-0.25, -0.2) is 5.90 Å². The average molecular weight is 247 g/mol. The summed E-state index contributed by atoms with van der Waals surface area (Å²) in [7, 11) is 0. The van der Waals surface area contributed by atoms with Gasteiger partial charge in [-0.1, -0.05) is 45.1 Å². The summed E-state index contributed by atoms with van der Waals surface area (Å²) in [6, 6.07) is 4.57. The van der Waals surface area contributed by atoms with Gasteiger partial charge in [-0.2, -0.15) is 0 Å². The van der Waals surface area contributed by atoms with E-state index in [1.54, 1.807) is 0 Å². The number of benzene rings is 1. The summed E-state index contributed by atoms with van der Waals surface area (Å²) in [5.74, 6) is 5.00. The molecule has 0 saturated carbocycles. The summed E-state index contributed by atoms with van der Waals surface area (Å²) in [6.07, 6.45) is 5.12. The Morgan fingerprint density at radius 2 is 1.72 bits per heavy atom. The number of rotatable bonds is 4. The summed E-state index contributed by atoms with van der Waals surface area (Å²) in [5.41, 5.74) is 5.54. The van der Waals surface area contributed by atoms with Crippen molar-refractivity contribution in [2.45, 2.75) is 46.5 Å². The molecule has 0 unspecified atom stereocenters. The van der Waals surface area contributed by atoms with Gasteiger partial charge in [-0.05, 0) is 47.9 Å². The summed E-state index contributed by atoms with van der Waals surface area (Å²) in [5, 5.41) is 0. The van der Waals surface area contributed by atoms with Crippen LogP contribution in [0.1, 0.15) is 49.4 Å². The van der Waals surface area contributed by atoms with E-state index in [9.17, 15) is 0 Å². The summed E-state index contributed by atoms with van der Waals surface area (Å²) >= 11 is 0. The van der Waals surface area contributed by atoms with Crippen molar-refractivity contribution in [3.63, 3.8) is 0 Å². The van der Waals surface area contributed by atoms with Gasteiger partial charge in [0.1, 0.15) is 0 Å². The normalized spacial score (nSPS) is 12.3. The van der Waals surface area contributed by atoms with Crippen LogP contribution >= 0.6 is 0 Å². The molecule has 18 heavy (non-hydrogen) atoms. The lowest BCUT2D eigenvalue weighted by Gasteiger charge is -2.21. The quantitative estimate of drug-likeness (QED) is 0.647. The van der Waals surface area contributed by atoms with Crippen molar-refractivity contribution in [1.82, 2.24) is 0 Å². The molecule has 0 fully saturated rings. The van der Waals surface area contributed by atoms with E-state index in [1.807, 2.05) is 0 Å². The minimum atomic E-state index is 0.200. The first-order valence-electron chi connectivity index (χ1n) is 6.46. The highest BCUT2D eigenvalue weighted by Crippen LogP contribution is 2.27. The van der Waals surface area contributed by atoms with E-state index in [0.717, 1.165) is 6.42 Å². The second-order valence-electron chi connectivity index (χ2n) is 5.84. The predicted molar refractivity (Wildman–Crippen MR) is 78.4 cm³/mol. The Balaban J connectivity index is 2.98. The molecule has 0 aliphatic heterocycles. The minimum absolute atomic E-state index is 0.200. The molecule has 0 bridgehead atoms. The number of hydrogen-bond acceptors (Lipinski definition) is 2. The molecule has 2 heteroatoms. The third-order valence-corrected chi connectivity index (χ3v) is 3.15. The second-order valence-corrected chi connectivity index (χ2v) is 5.84. The molecule has 0 aliphatic carbocycles. The molecular formula is C16H25NO. The lowest BCUT2D eigenvalue weighted by molar-refractivity contribution is 0.143. The van der Waals surface area contributed by atoms with Gasteiger partial charge in [0.15, 0.2) is 0 Å². The fourth-order valence-corrected chi connectivity index (χ4v) is 2.01. The fourth-order valence-electron chi connectivity index (χ4n) is 2.01. The van der Waals surface area contributed by atoms with E-state index in [0.29, 0.717) is 6.61 Å². The van der Waals surface area contributed by atoms with Gasteiger partial charge in [0.25, 0.3) is 0 Å². The molecule has 100 valence electrons. The van der Waals surface area contributed by atoms with Gasteiger partial charge in [0.2, 0.25) is 0 Å². The van der Waals surface area contributed by atoms with E-state index in [-0.39, 0.29) is 5.41 Å². The molecule has 0 amide bonds. The van der Waals surface area contributed by atoms with Gasteiger partial charge in [0, 0.05) is 0 Å². The smallest absolute Gasteiger partial charge is 0.0713 e. The third-order valence-electron chi connectivity index (χ3n) is 3.15. The molecule has 0 aromatic heterocycles. The Morgan fingerprint density at radius 1 is 1.17 bits per heavy atom. The van der Waals surface area contributed by atoms with Crippen LogP contribution in [0.15, 0.2) is 18.2 Å². The Kier molecular flexibility index (Phi) is 5.12. The van der Waals surface area contributed by atoms with Crippen molar-refractivity contribution in [2.24, 2.45) is 5.90 Å². The SMILES string of the molecule is Cc1cc(C(C)(C)C)cc(C)c1/C=C/CCON. The van der Waals surface area contributed by atoms with Crippen molar-refractivity contribution in [2.75, 3.05) is 6.61 Å². The van der Waals surface area contributed by atoms with Crippen molar-refractivity contribution >= 4 is 6.08 Å². The number of aryl methyl sites for hydroxylation is 2. The molecule has 2 N–H and O–H groups in total. The first-order chi connectivity index (χ1) is 8.36. The topological polar surface area (TPSA) is 35.2 Å². The Labute approximate surface area is 111 Å². The maximum atomic E-state index is 5.00. The van der Waals surface area contributed by atoms with Crippen LogP contribution in [0.25, 0.3) is 6.08 Å². The van der Waals surface area contributed by atoms with Crippen LogP contribution in [0, 0.1) is 13.8 Å². The van der Waals surface area contributed by atoms with Crippen LogP contribution in [0.5, 0.6) is 0 Å². The van der Waals surface area contributed by atoms with Crippen LogP contribution in [0.3, 0.4) is 0 Å². The summed E-state index contributed by atoms with van der Waals surface area (Å²) < 4.78 is 0. The zero-order chi connectivity index (χ0) is 13.8. The number of nitrogens with two attached hydrogens (primary N) is 1. The van der Waals surface area contributed by atoms with Crippen LogP contribution in [0.2, 0.25) is 0 Å². The van der Waals surface area contributed by atoms with Crippen molar-refractivity contribution in [1.29, 1.82) is 0 Å². The van der Waals surface area contributed by atoms with Crippen molar-refractivity contribution in [3.8, 4) is 0 Å². The Bertz CT molecular complexity index is 404. The molecule has 0 atom stereocenters. The highest BCUT2D eigenvalue weighted by molar-refractivity contribution is 5.59. The van der Waals surface area contributed by atoms with Gasteiger partial charge in [-0.15, -0.1) is 0 Å². The highest BCUT2D eigenvalue weighted by atomic mass is 16.6. The van der Waals surface area contributed by atoms with Crippen LogP contribution in [-0.2, 0) is 10.3 Å². The maximum Gasteiger partial charge on any atom is 0.0713 e. The average Bonchev–Trinajstić information content (AvgIpc) is 2.25. The molecule has 0 saturated heterocycles. The van der Waals surface area contributed by atoms with Crippen LogP contribution < -0.4 is 5.90 Å². The second kappa shape index (κ2) is 6.17. The lowest BCUT2D eigenvalue weighted by Crippen LogP contribution is -2.12. The molecule has 0 spiro atoms. The molecule has 2 nitrogen and oxygen atoms in total. The van der Waals surface area contributed by atoms with Crippen LogP contribution in [-0.4, -0.2) is 6.61 Å². The van der Waals surface area contributed by atoms with Gasteiger partial charge < -0.3 is 4.84 Å². The minimum Gasteiger partial charge on any atom is -0.304 e. The molecule has 0 aliphatic rings. The third kappa shape index (κ3) is 3.97. The highest BCUT2D eigenvalue weighted by Gasteiger charge is 2.15. The monoisotopic (exact) mass is 247 g/mol. The molecule has 0 heterocycles. The predicted octanol–water partition coefficient (Wildman–Crippen LogP) is 3.89. The summed E-state index contributed by atoms with van der Waals surface area (Å²) in [4.78, 5) is 4.55. The molecular weight excluding hydrogens is 222 g/mol. The lowest BCUT2D eigenvalue weighted by atomic mass is 9.84. The number of hydrogen-bond donors (Lipinski definition) is 1. The summed E-state index contributed by atoms with van der Waals surface area (Å²) in [6.45, 7) is 11.6. The standard InChI is InChI=1S/C16H25NO/c1-12-10-14(16(3,4)5)11-13(2)15(12)8-6-7-9-18-17/h6,8,10-11H,7,9,17H2,1-5H3/b8-6+. The fraction of sp³-hybridized carbons (Fsp3) is 0.500. The van der Waals surface area contributed by atoms with Gasteiger partial charge in [0.05, 0.1) is 6.61 Å². The van der Waals surface area contributed by atoms with Crippen LogP contribution in [0.4, 0.5) is 0 Å². The Morgan fingerprint density at radius 3 is 2.17 bits per heavy atom. The molecule has 1 aromatic carbocycles. The van der Waals surface area contributed by atoms with E-state index in [4.69, 9.17) is 5.90 Å². The van der Waals surface area contributed by atoms with Crippen molar-refractivity contribution < 1.29 is 4.84 Å². The van der Waals surface area contributed by atoms with Gasteiger partial charge >= 0.3 is 0 Å². The van der Waals surface area contributed by atoms with E-state index >= 15 is 0 Å². The van der Waals surface area contributed by atoms with E-state index in [1.165, 1.54) is 22.3 Å². The Hall–Kier alpha value is -1.12. The van der Waals surface area contributed by atoms with E-state index in [2.05, 4.69) is 63.7 Å². The zero-order valence-corrected chi connectivity index (χ0v) is 12.2. The van der Waals surface area contributed by atoms with Crippen molar-refractivity contribution in [3.05, 3.63) is 40.5 Å². The molecule has 1 rings (SSSR count). The molecule has 1 aromatic rings. The first-order valence-corrected chi connectivity index (χ1v) is 6.46. The first kappa shape index (κ1) is 14.9. The van der Waals surface area contributed by atoms with E-state index < -0.39 is 0 Å². The zero-order valence-electron chi connectivity index (χ0n) is 12.2.